The molecule has 2 unspecified atom stereocenters. The lowest BCUT2D eigenvalue weighted by Crippen LogP contribution is -2.43. The number of nitrogens with zero attached hydrogens (tertiary/aromatic N) is 1. The van der Waals surface area contributed by atoms with Gasteiger partial charge >= 0.3 is 6.03 Å². The molecule has 1 saturated heterocycles. The maximum absolute atomic E-state index is 13.9. The van der Waals surface area contributed by atoms with Gasteiger partial charge in [0, 0.05) is 0 Å². The summed E-state index contributed by atoms with van der Waals surface area (Å²) >= 11 is 0. The first kappa shape index (κ1) is 19.8. The van der Waals surface area contributed by atoms with Crippen LogP contribution in [-0.2, 0) is 10.3 Å². The third-order valence-corrected chi connectivity index (χ3v) is 4.98. The average Bonchev–Trinajstić information content (AvgIpc) is 2.93. The molecule has 0 saturated carbocycles. The molecule has 2 N–H and O–H groups in total. The fourth-order valence-electron chi connectivity index (χ4n) is 3.40. The van der Waals surface area contributed by atoms with Gasteiger partial charge < -0.3 is 15.2 Å². The third kappa shape index (κ3) is 3.20. The lowest BCUT2D eigenvalue weighted by Gasteiger charge is -2.26. The highest BCUT2D eigenvalue weighted by molar-refractivity contribution is 6.07. The predicted octanol–water partition coefficient (Wildman–Crippen LogP) is 2.86. The lowest BCUT2D eigenvalue weighted by atomic mass is 9.87. The van der Waals surface area contributed by atoms with Crippen molar-refractivity contribution in [2.24, 2.45) is 0 Å². The molecule has 0 aliphatic carbocycles. The van der Waals surface area contributed by atoms with Gasteiger partial charge in [-0.25, -0.2) is 13.6 Å². The van der Waals surface area contributed by atoms with E-state index >= 15 is 0 Å². The molecule has 2 aromatic carbocycles. The van der Waals surface area contributed by atoms with Crippen LogP contribution >= 0.6 is 0 Å². The van der Waals surface area contributed by atoms with Crippen molar-refractivity contribution in [2.75, 3.05) is 13.7 Å². The first-order valence-corrected chi connectivity index (χ1v) is 8.74. The Morgan fingerprint density at radius 1 is 1.14 bits per heavy atom. The number of rotatable bonds is 6. The lowest BCUT2D eigenvalue weighted by molar-refractivity contribution is -0.132. The Labute approximate surface area is 160 Å². The second-order valence-electron chi connectivity index (χ2n) is 6.48. The van der Waals surface area contributed by atoms with E-state index in [1.165, 1.54) is 13.2 Å². The van der Waals surface area contributed by atoms with Crippen molar-refractivity contribution >= 4 is 11.9 Å². The summed E-state index contributed by atoms with van der Waals surface area (Å²) in [6.45, 7) is 1.17. The summed E-state index contributed by atoms with van der Waals surface area (Å²) in [4.78, 5) is 26.3. The largest absolute Gasteiger partial charge is 0.497 e. The summed E-state index contributed by atoms with van der Waals surface area (Å²) in [5.41, 5.74) is -1.36. The average molecular weight is 390 g/mol. The minimum absolute atomic E-state index is 0.255. The van der Waals surface area contributed by atoms with E-state index in [-0.39, 0.29) is 6.42 Å². The van der Waals surface area contributed by atoms with Gasteiger partial charge in [0.1, 0.15) is 29.0 Å². The topological polar surface area (TPSA) is 78.9 Å². The van der Waals surface area contributed by atoms with Gasteiger partial charge in [0.15, 0.2) is 0 Å². The third-order valence-electron chi connectivity index (χ3n) is 4.98. The van der Waals surface area contributed by atoms with Crippen molar-refractivity contribution in [1.82, 2.24) is 10.2 Å². The minimum Gasteiger partial charge on any atom is -0.497 e. The standard InChI is InChI=1S/C20H20F2N2O4/c1-3-20(12-7-9-13(28-2)10-8-12)18(26)24(19(27)23-20)11-16(25)17-14(21)5-4-6-15(17)22/h4-10,16,25H,3,11H2,1-2H3,(H,23,27). The number of nitrogens with one attached hydrogen (secondary N) is 1. The normalized spacial score (nSPS) is 20.2. The quantitative estimate of drug-likeness (QED) is 0.744. The molecule has 1 heterocycles. The maximum Gasteiger partial charge on any atom is 0.325 e. The van der Waals surface area contributed by atoms with Crippen molar-refractivity contribution in [1.29, 1.82) is 0 Å². The molecule has 0 aromatic heterocycles. The molecule has 0 spiro atoms. The molecule has 148 valence electrons. The Hall–Kier alpha value is -3.00. The molecule has 3 amide bonds. The summed E-state index contributed by atoms with van der Waals surface area (Å²) in [5, 5.41) is 12.9. The first-order valence-electron chi connectivity index (χ1n) is 8.74. The van der Waals surface area contributed by atoms with Crippen molar-refractivity contribution in [3.05, 3.63) is 65.2 Å². The molecule has 1 aliphatic heterocycles. The number of urea groups is 1. The second-order valence-corrected chi connectivity index (χ2v) is 6.48. The van der Waals surface area contributed by atoms with Gasteiger partial charge in [-0.3, -0.25) is 9.69 Å². The smallest absolute Gasteiger partial charge is 0.325 e. The maximum atomic E-state index is 13.9. The van der Waals surface area contributed by atoms with Crippen LogP contribution in [0.4, 0.5) is 13.6 Å². The van der Waals surface area contributed by atoms with E-state index in [2.05, 4.69) is 5.32 Å². The van der Waals surface area contributed by atoms with Crippen LogP contribution in [0.15, 0.2) is 42.5 Å². The number of hydrogen-bond acceptors (Lipinski definition) is 4. The van der Waals surface area contributed by atoms with E-state index in [0.717, 1.165) is 17.0 Å². The number of ether oxygens (including phenoxy) is 1. The van der Waals surface area contributed by atoms with E-state index in [1.807, 2.05) is 0 Å². The fraction of sp³-hybridized carbons (Fsp3) is 0.300. The van der Waals surface area contributed by atoms with E-state index in [4.69, 9.17) is 4.74 Å². The highest BCUT2D eigenvalue weighted by atomic mass is 19.1. The van der Waals surface area contributed by atoms with Crippen LogP contribution in [0.2, 0.25) is 0 Å². The second kappa shape index (κ2) is 7.55. The number of halogens is 2. The van der Waals surface area contributed by atoms with Gasteiger partial charge in [0.05, 0.1) is 19.2 Å². The van der Waals surface area contributed by atoms with Crippen molar-refractivity contribution in [3.8, 4) is 5.75 Å². The monoisotopic (exact) mass is 390 g/mol. The SMILES string of the molecule is CCC1(c2ccc(OC)cc2)NC(=O)N(CC(O)c2c(F)cccc2F)C1=O. The number of β-amino-alcohol motifs (C(OH)–C–C–N with tert-alkyl or cyclic N) is 1. The van der Waals surface area contributed by atoms with Gasteiger partial charge in [0.2, 0.25) is 0 Å². The molecule has 0 bridgehead atoms. The van der Waals surface area contributed by atoms with Crippen LogP contribution in [0.25, 0.3) is 0 Å². The summed E-state index contributed by atoms with van der Waals surface area (Å²) in [7, 11) is 1.51. The summed E-state index contributed by atoms with van der Waals surface area (Å²) in [5.74, 6) is -1.90. The Morgan fingerprint density at radius 2 is 1.75 bits per heavy atom. The predicted molar refractivity (Wildman–Crippen MR) is 96.5 cm³/mol. The van der Waals surface area contributed by atoms with Crippen LogP contribution in [0.5, 0.6) is 5.75 Å². The van der Waals surface area contributed by atoms with Gasteiger partial charge in [-0.1, -0.05) is 25.1 Å². The van der Waals surface area contributed by atoms with Gasteiger partial charge in [-0.2, -0.15) is 0 Å². The van der Waals surface area contributed by atoms with Crippen molar-refractivity contribution < 1.29 is 28.2 Å². The molecule has 2 aromatic rings. The van der Waals surface area contributed by atoms with Crippen LogP contribution in [0.1, 0.15) is 30.6 Å². The highest BCUT2D eigenvalue weighted by Gasteiger charge is 2.51. The van der Waals surface area contributed by atoms with Crippen LogP contribution in [-0.4, -0.2) is 35.6 Å². The molecule has 0 radical (unpaired) electrons. The zero-order valence-corrected chi connectivity index (χ0v) is 15.4. The Bertz CT molecular complexity index is 883. The summed E-state index contributed by atoms with van der Waals surface area (Å²) < 4.78 is 32.9. The van der Waals surface area contributed by atoms with Gasteiger partial charge in [0.25, 0.3) is 5.91 Å². The zero-order chi connectivity index (χ0) is 20.5. The molecule has 3 rings (SSSR count). The zero-order valence-electron chi connectivity index (χ0n) is 15.4. The Morgan fingerprint density at radius 3 is 2.29 bits per heavy atom. The number of benzene rings is 2. The van der Waals surface area contributed by atoms with Gasteiger partial charge in [-0.15, -0.1) is 0 Å². The van der Waals surface area contributed by atoms with E-state index < -0.39 is 47.3 Å². The van der Waals surface area contributed by atoms with Crippen molar-refractivity contribution in [3.63, 3.8) is 0 Å². The number of aliphatic hydroxyl groups excluding tert-OH is 1. The van der Waals surface area contributed by atoms with E-state index in [9.17, 15) is 23.5 Å². The van der Waals surface area contributed by atoms with Crippen LogP contribution in [0.3, 0.4) is 0 Å². The number of amides is 3. The van der Waals surface area contributed by atoms with Crippen LogP contribution in [0, 0.1) is 11.6 Å². The number of carbonyl (C=O) groups is 2. The van der Waals surface area contributed by atoms with Crippen molar-refractivity contribution in [2.45, 2.75) is 25.0 Å². The molecular formula is C20H20F2N2O4. The number of imide groups is 1. The Balaban J connectivity index is 1.89. The van der Waals surface area contributed by atoms with E-state index in [0.29, 0.717) is 11.3 Å². The molecular weight excluding hydrogens is 370 g/mol. The number of methoxy groups -OCH3 is 1. The summed E-state index contributed by atoms with van der Waals surface area (Å²) in [6, 6.07) is 9.09. The number of carbonyl (C=O) groups excluding carboxylic acids is 2. The fourth-order valence-corrected chi connectivity index (χ4v) is 3.40. The number of hydrogen-bond donors (Lipinski definition) is 2. The number of aliphatic hydroxyl groups is 1. The molecule has 1 aliphatic rings. The highest BCUT2D eigenvalue weighted by Crippen LogP contribution is 2.34. The van der Waals surface area contributed by atoms with E-state index in [1.54, 1.807) is 31.2 Å². The molecule has 2 atom stereocenters. The molecule has 1 fully saturated rings. The first-order chi connectivity index (χ1) is 13.3. The summed E-state index contributed by atoms with van der Waals surface area (Å²) in [6.07, 6.45) is -1.44. The molecule has 8 heteroatoms. The van der Waals surface area contributed by atoms with Gasteiger partial charge in [-0.05, 0) is 36.2 Å². The minimum atomic E-state index is -1.69. The Kier molecular flexibility index (Phi) is 5.33. The molecule has 6 nitrogen and oxygen atoms in total. The van der Waals surface area contributed by atoms with Crippen LogP contribution < -0.4 is 10.1 Å². The molecule has 28 heavy (non-hydrogen) atoms.